The second-order valence-electron chi connectivity index (χ2n) is 20.1. The van der Waals surface area contributed by atoms with Crippen LogP contribution in [-0.4, -0.2) is 143 Å². The number of nitrogens with one attached hydrogen (secondary N) is 4. The van der Waals surface area contributed by atoms with Crippen molar-refractivity contribution in [1.82, 2.24) is 35.0 Å². The number of hydrogen-bond acceptors (Lipinski definition) is 14. The lowest BCUT2D eigenvalue weighted by Gasteiger charge is -2.32. The summed E-state index contributed by atoms with van der Waals surface area (Å²) in [5.41, 5.74) is 1.29. The van der Waals surface area contributed by atoms with Gasteiger partial charge in [0.2, 0.25) is 11.8 Å². The molecule has 6 aromatic rings. The smallest absolute Gasteiger partial charge is 0.419 e. The number of hydrogen-bond donors (Lipinski definition) is 4. The van der Waals surface area contributed by atoms with Crippen LogP contribution in [-0.2, 0) is 15.8 Å². The molecule has 87 heavy (non-hydrogen) atoms. The fourth-order valence-electron chi connectivity index (χ4n) is 9.43. The van der Waals surface area contributed by atoms with Crippen LogP contribution in [0.15, 0.2) is 116 Å². The van der Waals surface area contributed by atoms with E-state index < -0.39 is 35.4 Å². The Bertz CT molecular complexity index is 3360. The topological polar surface area (TPSA) is 227 Å². The quantitative estimate of drug-likeness (QED) is 0.0379. The van der Waals surface area contributed by atoms with Crippen LogP contribution in [0.2, 0.25) is 10.0 Å². The minimum atomic E-state index is -4.48. The molecule has 3 aliphatic rings. The number of para-hydroxylation sites is 2. The number of amides is 5. The molecule has 26 heteroatoms. The summed E-state index contributed by atoms with van der Waals surface area (Å²) in [5, 5.41) is 11.4. The molecule has 19 nitrogen and oxygen atoms in total. The highest BCUT2D eigenvalue weighted by Crippen LogP contribution is 2.37. The van der Waals surface area contributed by atoms with Crippen LogP contribution < -0.4 is 35.5 Å². The molecule has 4 aromatic carbocycles. The van der Waals surface area contributed by atoms with Gasteiger partial charge < -0.3 is 50.2 Å². The maximum absolute atomic E-state index is 13.5. The van der Waals surface area contributed by atoms with Crippen LogP contribution in [0.3, 0.4) is 0 Å². The van der Waals surface area contributed by atoms with Gasteiger partial charge in [-0.2, -0.15) is 13.2 Å². The molecule has 5 amide bonds. The van der Waals surface area contributed by atoms with E-state index >= 15 is 0 Å². The number of rotatable bonds is 17. The minimum Gasteiger partial charge on any atom is -0.490 e. The Kier molecular flexibility index (Phi) is 24.0. The summed E-state index contributed by atoms with van der Waals surface area (Å²) < 4.78 is 83.4. The summed E-state index contributed by atoms with van der Waals surface area (Å²) in [6.07, 6.45) is 2.91. The Labute approximate surface area is 509 Å². The highest BCUT2D eigenvalue weighted by molar-refractivity contribution is 6.32. The SMILES string of the molecule is CC(=O)c1ncccc1NCC(=O)N1CCC(Oc2ccccc2C(F)(F)F)CC1.CCC(=O)c1cccc(NC(=O)N2CCC(Oc3ccccc3Cl)CC2)c1.CNC(=O)c1nccnc1NCC(=O)N1CCC(Oc2cc(F)cc(F)c2Cl)CC1. The third kappa shape index (κ3) is 19.2. The van der Waals surface area contributed by atoms with Gasteiger partial charge >= 0.3 is 12.2 Å². The summed E-state index contributed by atoms with van der Waals surface area (Å²) in [7, 11) is 1.48. The highest BCUT2D eigenvalue weighted by Gasteiger charge is 2.35. The molecule has 3 fully saturated rings. The van der Waals surface area contributed by atoms with Gasteiger partial charge in [-0.1, -0.05) is 66.5 Å². The Morgan fingerprint density at radius 1 is 0.621 bits per heavy atom. The standard InChI is InChI=1S/C21H23ClN2O3.C21H22F3N3O3.C19H20ClF2N5O3/c1-2-19(25)15-6-5-7-16(14-15)23-21(26)24-12-10-17(11-13-24)27-20-9-4-3-8-18(20)22;1-14(28)20-17(6-4-10-25-20)26-13-19(29)27-11-8-15(9-12-27)30-18-7-3-2-5-16(18)21(22,23)24;1-23-19(29)17-18(25-5-4-24-17)26-10-15(28)27-6-2-12(3-7-27)30-14-9-11(21)8-13(22)16(14)20/h3-9,14,17H,2,10-13H2,1H3,(H,23,26);2-7,10,15,26H,8-9,11-13H2,1H3;4-5,8-9,12H,2-3,6-7,10H2,1H3,(H,23,29)(H,25,26). The summed E-state index contributed by atoms with van der Waals surface area (Å²) in [5.74, 6) is -1.91. The molecule has 0 unspecified atom stereocenters. The number of piperidine rings is 3. The molecular weight excluding hydrogens is 1180 g/mol. The highest BCUT2D eigenvalue weighted by atomic mass is 35.5. The van der Waals surface area contributed by atoms with Crippen molar-refractivity contribution in [2.24, 2.45) is 0 Å². The van der Waals surface area contributed by atoms with E-state index in [1.54, 1.807) is 57.2 Å². The molecule has 3 aliphatic heterocycles. The zero-order valence-electron chi connectivity index (χ0n) is 47.8. The lowest BCUT2D eigenvalue weighted by molar-refractivity contribution is -0.139. The van der Waals surface area contributed by atoms with E-state index in [0.29, 0.717) is 105 Å². The van der Waals surface area contributed by atoms with Gasteiger partial charge in [-0.15, -0.1) is 0 Å². The maximum atomic E-state index is 13.5. The molecule has 5 heterocycles. The molecule has 0 saturated carbocycles. The number of carbonyl (C=O) groups excluding carboxylic acids is 6. The monoisotopic (exact) mass is 1250 g/mol. The largest absolute Gasteiger partial charge is 0.490 e. The lowest BCUT2D eigenvalue weighted by Crippen LogP contribution is -2.44. The van der Waals surface area contributed by atoms with Crippen molar-refractivity contribution in [2.45, 2.75) is 83.3 Å². The Morgan fingerprint density at radius 2 is 1.17 bits per heavy atom. The van der Waals surface area contributed by atoms with Crippen LogP contribution >= 0.6 is 23.2 Å². The fraction of sp³-hybridized carbons (Fsp3) is 0.361. The zero-order chi connectivity index (χ0) is 62.6. The number of urea groups is 1. The molecule has 9 rings (SSSR count). The number of ether oxygens (including phenoxy) is 3. The van der Waals surface area contributed by atoms with Crippen molar-refractivity contribution in [1.29, 1.82) is 0 Å². The van der Waals surface area contributed by atoms with Crippen molar-refractivity contribution in [3.8, 4) is 17.2 Å². The van der Waals surface area contributed by atoms with E-state index in [0.717, 1.165) is 25.0 Å². The van der Waals surface area contributed by atoms with Crippen molar-refractivity contribution >= 4 is 75.7 Å². The van der Waals surface area contributed by atoms with Crippen molar-refractivity contribution in [3.63, 3.8) is 0 Å². The Morgan fingerprint density at radius 3 is 1.77 bits per heavy atom. The normalized spacial score (nSPS) is 14.7. The predicted molar refractivity (Wildman–Crippen MR) is 317 cm³/mol. The summed E-state index contributed by atoms with van der Waals surface area (Å²) in [6.45, 7) is 5.94. The number of alkyl halides is 3. The van der Waals surface area contributed by atoms with E-state index in [-0.39, 0.29) is 88.4 Å². The van der Waals surface area contributed by atoms with Crippen LogP contribution in [0.25, 0.3) is 0 Å². The van der Waals surface area contributed by atoms with Gasteiger partial charge in [0.05, 0.1) is 29.4 Å². The van der Waals surface area contributed by atoms with Crippen molar-refractivity contribution in [3.05, 3.63) is 160 Å². The average Bonchev–Trinajstić information content (AvgIpc) is 3.65. The second-order valence-corrected chi connectivity index (χ2v) is 20.9. The number of benzene rings is 4. The van der Waals surface area contributed by atoms with Crippen LogP contribution in [0.5, 0.6) is 17.2 Å². The summed E-state index contributed by atoms with van der Waals surface area (Å²) in [4.78, 5) is 89.7. The number of nitrogens with zero attached hydrogens (tertiary/aromatic N) is 6. The Hall–Kier alpha value is -8.64. The minimum absolute atomic E-state index is 0.00555. The van der Waals surface area contributed by atoms with Gasteiger partial charge in [0.15, 0.2) is 23.1 Å². The van der Waals surface area contributed by atoms with E-state index in [1.165, 1.54) is 50.8 Å². The van der Waals surface area contributed by atoms with Crippen LogP contribution in [0.4, 0.5) is 43.9 Å². The molecular formula is C61H65Cl2F5N10O9. The third-order valence-electron chi connectivity index (χ3n) is 14.1. The molecule has 0 spiro atoms. The third-order valence-corrected chi connectivity index (χ3v) is 14.7. The van der Waals surface area contributed by atoms with E-state index in [4.69, 9.17) is 37.4 Å². The van der Waals surface area contributed by atoms with Gasteiger partial charge in [-0.25, -0.2) is 23.5 Å². The number of anilines is 3. The van der Waals surface area contributed by atoms with Crippen LogP contribution in [0.1, 0.15) is 95.7 Å². The molecule has 2 aromatic heterocycles. The number of likely N-dealkylation sites (tertiary alicyclic amines) is 3. The first-order chi connectivity index (χ1) is 41.7. The van der Waals surface area contributed by atoms with Crippen molar-refractivity contribution in [2.75, 3.05) is 75.4 Å². The first-order valence-electron chi connectivity index (χ1n) is 28.0. The van der Waals surface area contributed by atoms with Gasteiger partial charge in [0.25, 0.3) is 5.91 Å². The molecule has 0 bridgehead atoms. The maximum Gasteiger partial charge on any atom is 0.419 e. The van der Waals surface area contributed by atoms with E-state index in [1.807, 2.05) is 25.1 Å². The molecule has 0 radical (unpaired) electrons. The van der Waals surface area contributed by atoms with E-state index in [2.05, 4.69) is 36.2 Å². The first kappa shape index (κ1) is 65.9. The van der Waals surface area contributed by atoms with Gasteiger partial charge in [-0.3, -0.25) is 29.0 Å². The second kappa shape index (κ2) is 31.7. The molecule has 0 atom stereocenters. The number of carbonyl (C=O) groups is 6. The number of Topliss-reactive ketones (excluding diaryl/α,β-unsaturated/α-hetero) is 2. The molecule has 3 saturated heterocycles. The molecule has 0 aliphatic carbocycles. The van der Waals surface area contributed by atoms with Crippen molar-refractivity contribution < 1.29 is 64.9 Å². The number of aromatic nitrogens is 3. The summed E-state index contributed by atoms with van der Waals surface area (Å²) in [6, 6.07) is 24.5. The number of pyridine rings is 1. The number of halogens is 7. The average molecular weight is 1250 g/mol. The van der Waals surface area contributed by atoms with Crippen LogP contribution in [0, 0.1) is 11.6 Å². The van der Waals surface area contributed by atoms with Gasteiger partial charge in [0, 0.05) is 140 Å². The van der Waals surface area contributed by atoms with Gasteiger partial charge in [-0.05, 0) is 48.5 Å². The summed E-state index contributed by atoms with van der Waals surface area (Å²) >= 11 is 12.0. The zero-order valence-corrected chi connectivity index (χ0v) is 49.3. The first-order valence-corrected chi connectivity index (χ1v) is 28.7. The number of ketones is 2. The Balaban J connectivity index is 0.000000187. The fourth-order valence-corrected chi connectivity index (χ4v) is 9.77. The van der Waals surface area contributed by atoms with Gasteiger partial charge in [0.1, 0.15) is 57.9 Å². The van der Waals surface area contributed by atoms with E-state index in [9.17, 15) is 50.7 Å². The molecule has 462 valence electrons. The molecule has 4 N–H and O–H groups in total. The lowest BCUT2D eigenvalue weighted by atomic mass is 10.1. The predicted octanol–water partition coefficient (Wildman–Crippen LogP) is 11.0.